The number of anilines is 2. The maximum Gasteiger partial charge on any atom is 0.285 e. The maximum absolute atomic E-state index is 12.5. The molecule has 3 rings (SSSR count). The van der Waals surface area contributed by atoms with Crippen molar-refractivity contribution in [3.8, 4) is 5.75 Å². The van der Waals surface area contributed by atoms with Crippen molar-refractivity contribution >= 4 is 37.8 Å². The zero-order valence-electron chi connectivity index (χ0n) is 12.4. The number of hydrogen-bond donors (Lipinski definition) is 2. The summed E-state index contributed by atoms with van der Waals surface area (Å²) < 4.78 is 59.8. The maximum atomic E-state index is 12.5. The summed E-state index contributed by atoms with van der Waals surface area (Å²) in [6, 6.07) is 10.2. The summed E-state index contributed by atoms with van der Waals surface area (Å²) in [7, 11) is -6.51. The van der Waals surface area contributed by atoms with Crippen molar-refractivity contribution in [2.45, 2.75) is 9.79 Å². The molecule has 2 aromatic carbocycles. The number of methoxy groups -OCH3 is 1. The van der Waals surface area contributed by atoms with E-state index in [1.54, 1.807) is 18.2 Å². The zero-order chi connectivity index (χ0) is 17.4. The van der Waals surface area contributed by atoms with Gasteiger partial charge >= 0.3 is 0 Å². The minimum atomic E-state index is -4.00. The van der Waals surface area contributed by atoms with Crippen molar-refractivity contribution in [3.63, 3.8) is 0 Å². The molecule has 10 heteroatoms. The van der Waals surface area contributed by atoms with E-state index in [0.717, 1.165) is 12.4 Å². The lowest BCUT2D eigenvalue weighted by Crippen LogP contribution is -2.16. The quantitative estimate of drug-likeness (QED) is 0.849. The minimum Gasteiger partial charge on any atom is -0.495 e. The van der Waals surface area contributed by atoms with E-state index >= 15 is 0 Å². The Morgan fingerprint density at radius 2 is 1.92 bits per heavy atom. The van der Waals surface area contributed by atoms with Gasteiger partial charge in [-0.1, -0.05) is 12.1 Å². The van der Waals surface area contributed by atoms with Crippen LogP contribution in [0.1, 0.15) is 0 Å². The molecule has 0 radical (unpaired) electrons. The summed E-state index contributed by atoms with van der Waals surface area (Å²) in [6.07, 6.45) is 1.04. The average Bonchev–Trinajstić information content (AvgIpc) is 2.54. The predicted octanol–water partition coefficient (Wildman–Crippen LogP) is 1.64. The standard InChI is InChI=1S/C14H13N3O5S2/c1-22-13-5-3-2-4-11(13)17-23(18,19)10-6-7-12-14(8-10)24(20,21)16-9-15-12/h2-9,17H,1H3,(H,15,16). The van der Waals surface area contributed by atoms with E-state index in [0.29, 0.717) is 5.75 Å². The third-order valence-corrected chi connectivity index (χ3v) is 5.94. The highest BCUT2D eigenvalue weighted by atomic mass is 32.2. The molecule has 0 amide bonds. The summed E-state index contributed by atoms with van der Waals surface area (Å²) in [5, 5.41) is 2.66. The molecule has 0 unspecified atom stereocenters. The van der Waals surface area contributed by atoms with Gasteiger partial charge < -0.3 is 10.1 Å². The van der Waals surface area contributed by atoms with Crippen molar-refractivity contribution in [2.24, 2.45) is 4.40 Å². The molecule has 0 atom stereocenters. The number of hydrogen-bond acceptors (Lipinski definition) is 6. The van der Waals surface area contributed by atoms with Gasteiger partial charge in [-0.05, 0) is 30.3 Å². The van der Waals surface area contributed by atoms with Crippen LogP contribution in [0.15, 0.2) is 56.7 Å². The Kier molecular flexibility index (Phi) is 3.93. The second-order valence-corrected chi connectivity index (χ2v) is 8.10. The molecular weight excluding hydrogens is 354 g/mol. The van der Waals surface area contributed by atoms with Crippen molar-refractivity contribution in [2.75, 3.05) is 17.1 Å². The van der Waals surface area contributed by atoms with Crippen LogP contribution in [0, 0.1) is 0 Å². The van der Waals surface area contributed by atoms with Crippen molar-refractivity contribution < 1.29 is 21.6 Å². The lowest BCUT2D eigenvalue weighted by Gasteiger charge is -2.15. The van der Waals surface area contributed by atoms with E-state index in [-0.39, 0.29) is 21.2 Å². The van der Waals surface area contributed by atoms with Gasteiger partial charge in [0.25, 0.3) is 20.0 Å². The number of fused-ring (bicyclic) bond motifs is 1. The molecule has 8 nitrogen and oxygen atoms in total. The molecule has 0 aliphatic carbocycles. The van der Waals surface area contributed by atoms with Gasteiger partial charge in [0.05, 0.1) is 23.4 Å². The predicted molar refractivity (Wildman–Crippen MR) is 89.5 cm³/mol. The van der Waals surface area contributed by atoms with Crippen LogP contribution in [0.3, 0.4) is 0 Å². The molecule has 0 fully saturated rings. The fraction of sp³-hybridized carbons (Fsp3) is 0.0714. The van der Waals surface area contributed by atoms with Crippen LogP contribution in [0.4, 0.5) is 11.4 Å². The third-order valence-electron chi connectivity index (χ3n) is 3.30. The van der Waals surface area contributed by atoms with Crippen LogP contribution in [-0.4, -0.2) is 30.3 Å². The van der Waals surface area contributed by atoms with Crippen molar-refractivity contribution in [1.29, 1.82) is 0 Å². The van der Waals surface area contributed by atoms with Gasteiger partial charge in [0.2, 0.25) is 0 Å². The molecule has 0 saturated heterocycles. The largest absolute Gasteiger partial charge is 0.495 e. The highest BCUT2D eigenvalue weighted by molar-refractivity contribution is 7.93. The third kappa shape index (κ3) is 2.93. The van der Waals surface area contributed by atoms with Gasteiger partial charge in [0, 0.05) is 0 Å². The number of nitrogens with zero attached hydrogens (tertiary/aromatic N) is 1. The fourth-order valence-electron chi connectivity index (χ4n) is 2.16. The molecule has 0 spiro atoms. The molecule has 0 aromatic heterocycles. The van der Waals surface area contributed by atoms with Crippen LogP contribution in [0.25, 0.3) is 0 Å². The second-order valence-electron chi connectivity index (χ2n) is 4.82. The van der Waals surface area contributed by atoms with E-state index in [1.165, 1.54) is 25.3 Å². The number of ether oxygens (including phenoxy) is 1. The highest BCUT2D eigenvalue weighted by Gasteiger charge is 2.25. The Labute approximate surface area is 139 Å². The summed E-state index contributed by atoms with van der Waals surface area (Å²) in [5.41, 5.74) is 0.512. The number of sulfonamides is 2. The van der Waals surface area contributed by atoms with E-state index in [1.807, 2.05) is 0 Å². The first-order valence-corrected chi connectivity index (χ1v) is 9.61. The first-order valence-electron chi connectivity index (χ1n) is 6.69. The summed E-state index contributed by atoms with van der Waals surface area (Å²) in [6.45, 7) is 0. The fourth-order valence-corrected chi connectivity index (χ4v) is 4.31. The lowest BCUT2D eigenvalue weighted by atomic mass is 10.3. The Morgan fingerprint density at radius 3 is 2.67 bits per heavy atom. The average molecular weight is 367 g/mol. The van der Waals surface area contributed by atoms with E-state index in [4.69, 9.17) is 4.74 Å². The van der Waals surface area contributed by atoms with Gasteiger partial charge in [-0.25, -0.2) is 8.42 Å². The molecule has 2 aromatic rings. The second kappa shape index (κ2) is 5.80. The summed E-state index contributed by atoms with van der Waals surface area (Å²) in [5.74, 6) is 0.345. The molecule has 1 aliphatic heterocycles. The van der Waals surface area contributed by atoms with Crippen LogP contribution in [-0.2, 0) is 20.0 Å². The number of para-hydroxylation sites is 2. The molecule has 2 N–H and O–H groups in total. The lowest BCUT2D eigenvalue weighted by molar-refractivity contribution is 0.417. The van der Waals surface area contributed by atoms with Crippen molar-refractivity contribution in [1.82, 2.24) is 0 Å². The molecule has 0 saturated carbocycles. The Morgan fingerprint density at radius 1 is 1.17 bits per heavy atom. The minimum absolute atomic E-state index is 0.199. The zero-order valence-corrected chi connectivity index (χ0v) is 14.1. The van der Waals surface area contributed by atoms with E-state index in [2.05, 4.69) is 14.4 Å². The molecule has 1 heterocycles. The number of rotatable bonds is 4. The molecule has 24 heavy (non-hydrogen) atoms. The van der Waals surface area contributed by atoms with Gasteiger partial charge in [-0.2, -0.15) is 8.42 Å². The highest BCUT2D eigenvalue weighted by Crippen LogP contribution is 2.30. The van der Waals surface area contributed by atoms with E-state index < -0.39 is 20.0 Å². The SMILES string of the molecule is COc1ccccc1NS(=O)(=O)c1ccc2c(c1)S(=O)(=O)N=CN2. The smallest absolute Gasteiger partial charge is 0.285 e. The Hall–Kier alpha value is -2.59. The van der Waals surface area contributed by atoms with Gasteiger partial charge in [0.1, 0.15) is 17.0 Å². The van der Waals surface area contributed by atoms with Crippen LogP contribution in [0.2, 0.25) is 0 Å². The Bertz CT molecular complexity index is 1030. The Balaban J connectivity index is 2.03. The summed E-state index contributed by atoms with van der Waals surface area (Å²) in [4.78, 5) is -0.400. The molecular formula is C14H13N3O5S2. The summed E-state index contributed by atoms with van der Waals surface area (Å²) >= 11 is 0. The topological polar surface area (TPSA) is 114 Å². The molecule has 0 bridgehead atoms. The normalized spacial score (nSPS) is 15.2. The molecule has 126 valence electrons. The van der Waals surface area contributed by atoms with Crippen LogP contribution in [0.5, 0.6) is 5.75 Å². The first kappa shape index (κ1) is 16.3. The van der Waals surface area contributed by atoms with Gasteiger partial charge in [-0.3, -0.25) is 4.72 Å². The monoisotopic (exact) mass is 367 g/mol. The number of nitrogens with one attached hydrogen (secondary N) is 2. The van der Waals surface area contributed by atoms with Crippen LogP contribution < -0.4 is 14.8 Å². The first-order chi connectivity index (χ1) is 11.3. The van der Waals surface area contributed by atoms with Crippen molar-refractivity contribution in [3.05, 3.63) is 42.5 Å². The van der Waals surface area contributed by atoms with Crippen LogP contribution >= 0.6 is 0 Å². The van der Waals surface area contributed by atoms with E-state index in [9.17, 15) is 16.8 Å². The van der Waals surface area contributed by atoms with Gasteiger partial charge in [0.15, 0.2) is 0 Å². The van der Waals surface area contributed by atoms with Gasteiger partial charge in [-0.15, -0.1) is 4.40 Å². The molecule has 1 aliphatic rings. The number of benzene rings is 2.